The van der Waals surface area contributed by atoms with E-state index in [2.05, 4.69) is 60.7 Å². The van der Waals surface area contributed by atoms with Gasteiger partial charge in [-0.1, -0.05) is 60.4 Å². The van der Waals surface area contributed by atoms with Gasteiger partial charge in [0.05, 0.1) is 30.6 Å². The van der Waals surface area contributed by atoms with Gasteiger partial charge in [-0.15, -0.1) is 11.3 Å². The number of thiazole rings is 3. The molecule has 8 heteroatoms. The Labute approximate surface area is 172 Å². The smallest absolute Gasteiger partial charge is 0.190 e. The summed E-state index contributed by atoms with van der Waals surface area (Å²) in [7, 11) is 0. The van der Waals surface area contributed by atoms with Crippen molar-refractivity contribution in [3.8, 4) is 0 Å². The summed E-state index contributed by atoms with van der Waals surface area (Å²) in [6, 6.07) is 10.5. The lowest BCUT2D eigenvalue weighted by Gasteiger charge is -2.04. The average molecular weight is 429 g/mol. The summed E-state index contributed by atoms with van der Waals surface area (Å²) in [5.74, 6) is 0.455. The van der Waals surface area contributed by atoms with Crippen molar-refractivity contribution in [3.05, 3.63) is 35.9 Å². The van der Waals surface area contributed by atoms with E-state index in [1.54, 1.807) is 45.8 Å². The maximum atomic E-state index is 4.84. The van der Waals surface area contributed by atoms with Crippen molar-refractivity contribution in [2.24, 2.45) is 0 Å². The summed E-state index contributed by atoms with van der Waals surface area (Å²) in [6.07, 6.45) is 2.06. The first kappa shape index (κ1) is 17.4. The van der Waals surface area contributed by atoms with Crippen LogP contribution in [0.25, 0.3) is 30.6 Å². The van der Waals surface area contributed by atoms with Gasteiger partial charge in [0.1, 0.15) is 0 Å². The highest BCUT2D eigenvalue weighted by Gasteiger charge is 2.14. The molecule has 0 radical (unpaired) electrons. The monoisotopic (exact) mass is 428 g/mol. The van der Waals surface area contributed by atoms with E-state index < -0.39 is 0 Å². The van der Waals surface area contributed by atoms with E-state index in [-0.39, 0.29) is 0 Å². The van der Waals surface area contributed by atoms with Crippen LogP contribution in [0.4, 0.5) is 10.3 Å². The third-order valence-corrected chi connectivity index (χ3v) is 8.50. The Bertz CT molecular complexity index is 1280. The Hall–Kier alpha value is -1.74. The first-order valence-electron chi connectivity index (χ1n) is 8.53. The summed E-state index contributed by atoms with van der Waals surface area (Å²) in [4.78, 5) is 14.3. The Kier molecular flexibility index (Phi) is 4.31. The van der Waals surface area contributed by atoms with E-state index in [4.69, 9.17) is 9.97 Å². The van der Waals surface area contributed by atoms with Crippen LogP contribution in [0.2, 0.25) is 0 Å². The van der Waals surface area contributed by atoms with Gasteiger partial charge >= 0.3 is 0 Å². The molecule has 5 aromatic rings. The van der Waals surface area contributed by atoms with Crippen molar-refractivity contribution < 1.29 is 0 Å². The molecule has 0 aliphatic rings. The van der Waals surface area contributed by atoms with E-state index in [9.17, 15) is 0 Å². The zero-order valence-electron chi connectivity index (χ0n) is 14.9. The highest BCUT2D eigenvalue weighted by atomic mass is 32.2. The molecule has 0 saturated carbocycles. The number of nitrogens with zero attached hydrogens (tertiary/aromatic N) is 3. The second-order valence-electron chi connectivity index (χ2n) is 6.46. The number of thioether (sulfide) groups is 1. The van der Waals surface area contributed by atoms with Crippen LogP contribution in [0.1, 0.15) is 25.3 Å². The Balaban J connectivity index is 1.56. The fraction of sp³-hybridized carbons (Fsp3) is 0.211. The second kappa shape index (κ2) is 6.70. The molecule has 2 aromatic carbocycles. The molecule has 136 valence electrons. The van der Waals surface area contributed by atoms with Gasteiger partial charge in [0.2, 0.25) is 0 Å². The lowest BCUT2D eigenvalue weighted by molar-refractivity contribution is 0.874. The van der Waals surface area contributed by atoms with Crippen LogP contribution in [0.3, 0.4) is 0 Å². The maximum Gasteiger partial charge on any atom is 0.190 e. The fourth-order valence-electron chi connectivity index (χ4n) is 3.07. The molecular formula is C19H16N4S4. The van der Waals surface area contributed by atoms with Gasteiger partial charge in [-0.05, 0) is 35.9 Å². The lowest BCUT2D eigenvalue weighted by atomic mass is 10.0. The summed E-state index contributed by atoms with van der Waals surface area (Å²) in [5, 5.41) is 5.20. The molecule has 0 amide bonds. The third kappa shape index (κ3) is 3.00. The number of fused-ring (bicyclic) bond motifs is 4. The molecule has 5 rings (SSSR count). The molecule has 3 aromatic heterocycles. The normalized spacial score (nSPS) is 12.0. The first-order valence-corrected chi connectivity index (χ1v) is 12.2. The van der Waals surface area contributed by atoms with E-state index in [0.717, 1.165) is 31.2 Å². The SMILES string of the molecule is CSc1nc2ccc3nc(Nc4nc5c(C(C)C)cccc5s4)sc3c2s1. The van der Waals surface area contributed by atoms with Crippen molar-refractivity contribution in [2.75, 3.05) is 11.6 Å². The average Bonchev–Trinajstić information content (AvgIpc) is 3.35. The van der Waals surface area contributed by atoms with E-state index in [1.807, 2.05) is 0 Å². The highest BCUT2D eigenvalue weighted by Crippen LogP contribution is 2.39. The molecule has 0 bridgehead atoms. The van der Waals surface area contributed by atoms with Gasteiger partial charge in [-0.25, -0.2) is 15.0 Å². The van der Waals surface area contributed by atoms with E-state index in [0.29, 0.717) is 5.92 Å². The molecule has 1 N–H and O–H groups in total. The van der Waals surface area contributed by atoms with Crippen LogP contribution in [0, 0.1) is 0 Å². The van der Waals surface area contributed by atoms with Crippen molar-refractivity contribution in [3.63, 3.8) is 0 Å². The van der Waals surface area contributed by atoms with Gasteiger partial charge in [0, 0.05) is 0 Å². The minimum Gasteiger partial charge on any atom is -0.307 e. The number of aromatic nitrogens is 3. The molecule has 3 heterocycles. The van der Waals surface area contributed by atoms with Crippen LogP contribution in [-0.4, -0.2) is 21.2 Å². The van der Waals surface area contributed by atoms with Gasteiger partial charge in [-0.3, -0.25) is 0 Å². The van der Waals surface area contributed by atoms with Crippen LogP contribution in [0.15, 0.2) is 34.7 Å². The lowest BCUT2D eigenvalue weighted by Crippen LogP contribution is -1.90. The molecule has 0 saturated heterocycles. The number of benzene rings is 2. The minimum absolute atomic E-state index is 0.455. The molecule has 0 atom stereocenters. The third-order valence-electron chi connectivity index (χ3n) is 4.35. The van der Waals surface area contributed by atoms with E-state index >= 15 is 0 Å². The molecule has 0 aliphatic carbocycles. The minimum atomic E-state index is 0.455. The second-order valence-corrected chi connectivity index (χ2v) is 10.5. The maximum absolute atomic E-state index is 4.84. The Morgan fingerprint density at radius 3 is 2.41 bits per heavy atom. The Morgan fingerprint density at radius 2 is 1.63 bits per heavy atom. The molecule has 0 spiro atoms. The number of hydrogen-bond acceptors (Lipinski definition) is 8. The highest BCUT2D eigenvalue weighted by molar-refractivity contribution is 8.00. The number of para-hydroxylation sites is 1. The van der Waals surface area contributed by atoms with Gasteiger partial charge in [-0.2, -0.15) is 0 Å². The largest absolute Gasteiger partial charge is 0.307 e. The van der Waals surface area contributed by atoms with Crippen molar-refractivity contribution in [1.29, 1.82) is 0 Å². The number of rotatable bonds is 4. The number of anilines is 2. The van der Waals surface area contributed by atoms with Crippen molar-refractivity contribution in [2.45, 2.75) is 24.1 Å². The van der Waals surface area contributed by atoms with Crippen molar-refractivity contribution >= 4 is 86.7 Å². The zero-order chi connectivity index (χ0) is 18.5. The fourth-order valence-corrected chi connectivity index (χ4v) is 6.70. The van der Waals surface area contributed by atoms with E-state index in [1.165, 1.54) is 19.7 Å². The molecule has 0 fully saturated rings. The summed E-state index contributed by atoms with van der Waals surface area (Å²) in [6.45, 7) is 4.41. The molecular weight excluding hydrogens is 413 g/mol. The van der Waals surface area contributed by atoms with Gasteiger partial charge < -0.3 is 5.32 Å². The summed E-state index contributed by atoms with van der Waals surface area (Å²) >= 11 is 6.77. The summed E-state index contributed by atoms with van der Waals surface area (Å²) < 4.78 is 4.71. The summed E-state index contributed by atoms with van der Waals surface area (Å²) in [5.41, 5.74) is 4.44. The van der Waals surface area contributed by atoms with Gasteiger partial charge in [0.25, 0.3) is 0 Å². The zero-order valence-corrected chi connectivity index (χ0v) is 18.2. The molecule has 27 heavy (non-hydrogen) atoms. The van der Waals surface area contributed by atoms with Crippen molar-refractivity contribution in [1.82, 2.24) is 15.0 Å². The predicted octanol–water partition coefficient (Wildman–Crippen LogP) is 7.10. The molecule has 0 unspecified atom stereocenters. The molecule has 0 aliphatic heterocycles. The number of hydrogen-bond donors (Lipinski definition) is 1. The van der Waals surface area contributed by atoms with Crippen LogP contribution < -0.4 is 5.32 Å². The quantitative estimate of drug-likeness (QED) is 0.309. The topological polar surface area (TPSA) is 50.7 Å². The standard InChI is InChI=1S/C19H16N4S4/c1-9(2)10-5-4-6-13-14(10)22-18(25-13)23-17-20-11-7-8-12-16(15(11)26-17)27-19(21-12)24-3/h4-9H,1-3H3,(H,20,22,23). The van der Waals surface area contributed by atoms with Gasteiger partial charge in [0.15, 0.2) is 14.6 Å². The first-order chi connectivity index (χ1) is 13.1. The van der Waals surface area contributed by atoms with Crippen LogP contribution in [0.5, 0.6) is 0 Å². The number of nitrogens with one attached hydrogen (secondary N) is 1. The molecule has 4 nitrogen and oxygen atoms in total. The Morgan fingerprint density at radius 1 is 0.889 bits per heavy atom. The predicted molar refractivity (Wildman–Crippen MR) is 122 cm³/mol. The van der Waals surface area contributed by atoms with Crippen LogP contribution >= 0.6 is 45.8 Å². The van der Waals surface area contributed by atoms with Crippen LogP contribution in [-0.2, 0) is 0 Å².